The maximum atomic E-state index is 5.98. The van der Waals surface area contributed by atoms with Crippen molar-refractivity contribution in [3.8, 4) is 5.75 Å². The molecule has 0 saturated carbocycles. The monoisotopic (exact) mass is 209 g/mol. The van der Waals surface area contributed by atoms with Crippen LogP contribution in [0.3, 0.4) is 0 Å². The maximum Gasteiger partial charge on any atom is 0.121 e. The van der Waals surface area contributed by atoms with E-state index in [1.807, 2.05) is 32.9 Å². The van der Waals surface area contributed by atoms with Gasteiger partial charge in [0.2, 0.25) is 0 Å². The first kappa shape index (κ1) is 11.7. The fraction of sp³-hybridized carbons (Fsp3) is 0.455. The minimum Gasteiger partial charge on any atom is -0.497 e. The molecule has 0 spiro atoms. The molecule has 15 heavy (non-hydrogen) atoms. The molecule has 0 aromatic heterocycles. The van der Waals surface area contributed by atoms with Crippen LogP contribution in [0.15, 0.2) is 18.2 Å². The summed E-state index contributed by atoms with van der Waals surface area (Å²) in [6, 6.07) is 5.47. The van der Waals surface area contributed by atoms with Crippen LogP contribution in [0, 0.1) is 0 Å². The highest BCUT2D eigenvalue weighted by atomic mass is 16.5. The molecular weight excluding hydrogens is 190 g/mol. The number of hydrogen-bond acceptors (Lipinski definition) is 4. The van der Waals surface area contributed by atoms with Crippen LogP contribution in [-0.2, 0) is 0 Å². The van der Waals surface area contributed by atoms with Gasteiger partial charge in [-0.25, -0.2) is 5.84 Å². The molecule has 1 aromatic rings. The fourth-order valence-corrected chi connectivity index (χ4v) is 1.24. The molecule has 0 heterocycles. The molecule has 4 heteroatoms. The van der Waals surface area contributed by atoms with Crippen molar-refractivity contribution < 1.29 is 4.74 Å². The van der Waals surface area contributed by atoms with Crippen molar-refractivity contribution in [2.45, 2.75) is 26.3 Å². The normalized spacial score (nSPS) is 11.3. The van der Waals surface area contributed by atoms with Gasteiger partial charge in [-0.3, -0.25) is 0 Å². The van der Waals surface area contributed by atoms with E-state index in [0.717, 1.165) is 11.4 Å². The molecule has 4 N–H and O–H groups in total. The minimum absolute atomic E-state index is 0.164. The molecule has 1 aromatic carbocycles. The molecule has 0 radical (unpaired) electrons. The van der Waals surface area contributed by atoms with Crippen LogP contribution in [0.25, 0.3) is 0 Å². The highest BCUT2D eigenvalue weighted by Crippen LogP contribution is 2.29. The number of ether oxygens (including phenoxy) is 1. The fourth-order valence-electron chi connectivity index (χ4n) is 1.24. The lowest BCUT2D eigenvalue weighted by molar-refractivity contribution is 0.415. The second kappa shape index (κ2) is 3.98. The number of nitrogens with two attached hydrogens (primary N) is 2. The number of anilines is 2. The number of hydrogen-bond donors (Lipinski definition) is 2. The van der Waals surface area contributed by atoms with Crippen molar-refractivity contribution in [2.75, 3.05) is 17.9 Å². The number of hydrazine groups is 1. The average Bonchev–Trinajstić information content (AvgIpc) is 2.15. The Morgan fingerprint density at radius 3 is 2.27 bits per heavy atom. The van der Waals surface area contributed by atoms with Gasteiger partial charge in [0.15, 0.2) is 0 Å². The predicted molar refractivity (Wildman–Crippen MR) is 63.8 cm³/mol. The average molecular weight is 209 g/mol. The Labute approximate surface area is 90.8 Å². The molecule has 4 nitrogen and oxygen atoms in total. The second-order valence-electron chi connectivity index (χ2n) is 4.47. The van der Waals surface area contributed by atoms with Gasteiger partial charge in [-0.15, -0.1) is 0 Å². The van der Waals surface area contributed by atoms with Crippen LogP contribution in [0.5, 0.6) is 5.75 Å². The van der Waals surface area contributed by atoms with E-state index < -0.39 is 0 Å². The predicted octanol–water partition coefficient (Wildman–Crippen LogP) is 1.76. The molecule has 1 rings (SSSR count). The van der Waals surface area contributed by atoms with Crippen LogP contribution in [0.2, 0.25) is 0 Å². The molecule has 84 valence electrons. The van der Waals surface area contributed by atoms with E-state index in [0.29, 0.717) is 5.69 Å². The van der Waals surface area contributed by atoms with Gasteiger partial charge in [0.25, 0.3) is 0 Å². The second-order valence-corrected chi connectivity index (χ2v) is 4.47. The van der Waals surface area contributed by atoms with Crippen LogP contribution in [-0.4, -0.2) is 12.6 Å². The molecule has 0 fully saturated rings. The Balaban J connectivity index is 3.06. The summed E-state index contributed by atoms with van der Waals surface area (Å²) in [5, 5.41) is 1.65. The summed E-state index contributed by atoms with van der Waals surface area (Å²) < 4.78 is 5.08. The largest absolute Gasteiger partial charge is 0.497 e. The third-order valence-electron chi connectivity index (χ3n) is 2.22. The molecule has 0 atom stereocenters. The Morgan fingerprint density at radius 1 is 1.27 bits per heavy atom. The van der Waals surface area contributed by atoms with Crippen LogP contribution in [0.4, 0.5) is 11.4 Å². The van der Waals surface area contributed by atoms with Crippen molar-refractivity contribution in [3.05, 3.63) is 18.2 Å². The summed E-state index contributed by atoms with van der Waals surface area (Å²) in [6.45, 7) is 6.07. The first-order valence-electron chi connectivity index (χ1n) is 4.84. The lowest BCUT2D eigenvalue weighted by Crippen LogP contribution is -2.47. The zero-order chi connectivity index (χ0) is 11.6. The van der Waals surface area contributed by atoms with Gasteiger partial charge in [0, 0.05) is 11.6 Å². The van der Waals surface area contributed by atoms with Crippen molar-refractivity contribution in [2.24, 2.45) is 5.84 Å². The smallest absolute Gasteiger partial charge is 0.121 e. The van der Waals surface area contributed by atoms with Crippen molar-refractivity contribution in [1.82, 2.24) is 0 Å². The number of benzene rings is 1. The Hall–Kier alpha value is -1.42. The van der Waals surface area contributed by atoms with Crippen LogP contribution >= 0.6 is 0 Å². The molecule has 0 aliphatic heterocycles. The van der Waals surface area contributed by atoms with Gasteiger partial charge < -0.3 is 15.5 Å². The summed E-state index contributed by atoms with van der Waals surface area (Å²) in [5.41, 5.74) is 7.15. The molecule has 0 bridgehead atoms. The summed E-state index contributed by atoms with van der Waals surface area (Å²) in [7, 11) is 1.61. The van der Waals surface area contributed by atoms with Gasteiger partial charge in [0.05, 0.1) is 18.5 Å². The zero-order valence-electron chi connectivity index (χ0n) is 9.74. The minimum atomic E-state index is -0.164. The Morgan fingerprint density at radius 2 is 1.87 bits per heavy atom. The van der Waals surface area contributed by atoms with Crippen LogP contribution < -0.4 is 21.3 Å². The lowest BCUT2D eigenvalue weighted by Gasteiger charge is -2.33. The maximum absolute atomic E-state index is 5.98. The summed E-state index contributed by atoms with van der Waals surface area (Å²) in [5.74, 6) is 6.71. The first-order valence-corrected chi connectivity index (χ1v) is 4.84. The quantitative estimate of drug-likeness (QED) is 0.442. The lowest BCUT2D eigenvalue weighted by atomic mass is 10.1. The third kappa shape index (κ3) is 2.53. The van der Waals surface area contributed by atoms with Crippen molar-refractivity contribution in [3.63, 3.8) is 0 Å². The van der Waals surface area contributed by atoms with E-state index in [4.69, 9.17) is 16.3 Å². The van der Waals surface area contributed by atoms with Crippen LogP contribution in [0.1, 0.15) is 20.8 Å². The van der Waals surface area contributed by atoms with Gasteiger partial charge in [-0.1, -0.05) is 0 Å². The van der Waals surface area contributed by atoms with Crippen molar-refractivity contribution in [1.29, 1.82) is 0 Å². The van der Waals surface area contributed by atoms with Gasteiger partial charge in [-0.05, 0) is 32.9 Å². The molecule has 0 aliphatic carbocycles. The van der Waals surface area contributed by atoms with Gasteiger partial charge in [-0.2, -0.15) is 0 Å². The Kier molecular flexibility index (Phi) is 3.09. The van der Waals surface area contributed by atoms with Gasteiger partial charge in [0.1, 0.15) is 5.75 Å². The SMILES string of the molecule is COc1ccc(N(N)C(C)(C)C)c(N)c1. The van der Waals surface area contributed by atoms with E-state index >= 15 is 0 Å². The zero-order valence-corrected chi connectivity index (χ0v) is 9.74. The standard InChI is InChI=1S/C11H19N3O/c1-11(2,3)14(13)10-6-5-8(15-4)7-9(10)12/h5-7H,12-13H2,1-4H3. The highest BCUT2D eigenvalue weighted by Gasteiger charge is 2.20. The third-order valence-corrected chi connectivity index (χ3v) is 2.22. The number of nitrogen functional groups attached to an aromatic ring is 1. The summed E-state index contributed by atoms with van der Waals surface area (Å²) in [4.78, 5) is 0. The van der Waals surface area contributed by atoms with E-state index in [9.17, 15) is 0 Å². The molecule has 0 amide bonds. The van der Waals surface area contributed by atoms with E-state index in [1.165, 1.54) is 0 Å². The Bertz CT molecular complexity index is 344. The molecule has 0 saturated heterocycles. The molecular formula is C11H19N3O. The summed E-state index contributed by atoms with van der Waals surface area (Å²) in [6.07, 6.45) is 0. The number of nitrogens with zero attached hydrogens (tertiary/aromatic N) is 1. The van der Waals surface area contributed by atoms with E-state index in [1.54, 1.807) is 18.2 Å². The van der Waals surface area contributed by atoms with E-state index in [2.05, 4.69) is 0 Å². The van der Waals surface area contributed by atoms with Gasteiger partial charge >= 0.3 is 0 Å². The number of methoxy groups -OCH3 is 1. The summed E-state index contributed by atoms with van der Waals surface area (Å²) >= 11 is 0. The molecule has 0 unspecified atom stereocenters. The topological polar surface area (TPSA) is 64.5 Å². The molecule has 0 aliphatic rings. The van der Waals surface area contributed by atoms with Crippen molar-refractivity contribution >= 4 is 11.4 Å². The first-order chi connectivity index (χ1) is 6.86. The highest BCUT2D eigenvalue weighted by molar-refractivity contribution is 5.69. The van der Waals surface area contributed by atoms with E-state index in [-0.39, 0.29) is 5.54 Å². The number of rotatable bonds is 2.